The summed E-state index contributed by atoms with van der Waals surface area (Å²) in [7, 11) is 0. The van der Waals surface area contributed by atoms with Gasteiger partial charge in [-0.15, -0.1) is 0 Å². The minimum Gasteiger partial charge on any atom is -0.355 e. The fourth-order valence-electron chi connectivity index (χ4n) is 3.84. The number of aryl methyl sites for hydroxylation is 1. The lowest BCUT2D eigenvalue weighted by molar-refractivity contribution is 0.579. The van der Waals surface area contributed by atoms with Gasteiger partial charge in [0.15, 0.2) is 0 Å². The SMILES string of the molecule is Cc1[nH]nc2c1N=C(c1c(F)cccc1F)Nc1cnc(N3CC[C@@H](C#N)C3)cc1-2. The molecule has 0 spiro atoms. The Hall–Kier alpha value is -3.80. The van der Waals surface area contributed by atoms with Gasteiger partial charge in [0.25, 0.3) is 0 Å². The first kappa shape index (κ1) is 18.2. The Balaban J connectivity index is 1.63. The third-order valence-electron chi connectivity index (χ3n) is 5.43. The van der Waals surface area contributed by atoms with Gasteiger partial charge in [-0.3, -0.25) is 5.10 Å². The number of aliphatic imine (C=N–C) groups is 1. The van der Waals surface area contributed by atoms with Crippen LogP contribution in [0.5, 0.6) is 0 Å². The van der Waals surface area contributed by atoms with Crippen LogP contribution in [0.25, 0.3) is 11.3 Å². The van der Waals surface area contributed by atoms with Gasteiger partial charge in [-0.05, 0) is 31.5 Å². The molecule has 30 heavy (non-hydrogen) atoms. The number of nitrogens with zero attached hydrogens (tertiary/aromatic N) is 5. The van der Waals surface area contributed by atoms with Crippen LogP contribution >= 0.6 is 0 Å². The lowest BCUT2D eigenvalue weighted by Crippen LogP contribution is -2.21. The van der Waals surface area contributed by atoms with E-state index < -0.39 is 11.6 Å². The zero-order chi connectivity index (χ0) is 20.8. The first-order valence-corrected chi connectivity index (χ1v) is 9.55. The molecule has 4 heterocycles. The van der Waals surface area contributed by atoms with Crippen molar-refractivity contribution >= 4 is 23.0 Å². The van der Waals surface area contributed by atoms with E-state index in [1.807, 2.05) is 6.07 Å². The van der Waals surface area contributed by atoms with Crippen molar-refractivity contribution in [3.63, 3.8) is 0 Å². The summed E-state index contributed by atoms with van der Waals surface area (Å²) < 4.78 is 28.9. The number of hydrogen-bond donors (Lipinski definition) is 2. The summed E-state index contributed by atoms with van der Waals surface area (Å²) in [5, 5.41) is 19.5. The monoisotopic (exact) mass is 405 g/mol. The number of aromatic nitrogens is 3. The van der Waals surface area contributed by atoms with Crippen molar-refractivity contribution in [3.05, 3.63) is 53.4 Å². The smallest absolute Gasteiger partial charge is 0.144 e. The highest BCUT2D eigenvalue weighted by Crippen LogP contribution is 2.40. The Morgan fingerprint density at radius 1 is 1.27 bits per heavy atom. The molecule has 3 aromatic rings. The molecule has 2 aliphatic heterocycles. The van der Waals surface area contributed by atoms with Crippen LogP contribution in [-0.2, 0) is 0 Å². The molecule has 1 fully saturated rings. The van der Waals surface area contributed by atoms with E-state index in [-0.39, 0.29) is 17.3 Å². The molecular weight excluding hydrogens is 388 g/mol. The van der Waals surface area contributed by atoms with Gasteiger partial charge >= 0.3 is 0 Å². The maximum Gasteiger partial charge on any atom is 0.144 e. The predicted octanol–water partition coefficient (Wildman–Crippen LogP) is 3.91. The fraction of sp³-hybridized carbons (Fsp3) is 0.238. The van der Waals surface area contributed by atoms with Crippen molar-refractivity contribution < 1.29 is 8.78 Å². The standard InChI is InChI=1S/C21H17F2N7/c1-11-19-20(29-28-11)13-7-17(30-6-5-12(8-24)10-30)25-9-16(13)26-21(27-19)18-14(22)3-2-4-15(18)23/h2-4,7,9,12H,5-6,10H2,1H3,(H,26,27)(H,28,29)/t12-/m0/s1. The Bertz CT molecular complexity index is 1200. The number of benzene rings is 1. The maximum atomic E-state index is 14.5. The van der Waals surface area contributed by atoms with Gasteiger partial charge in [0.2, 0.25) is 0 Å². The Labute approximate surface area is 171 Å². The first-order chi connectivity index (χ1) is 14.5. The summed E-state index contributed by atoms with van der Waals surface area (Å²) in [5.74, 6) is -0.671. The molecule has 1 atom stereocenters. The van der Waals surface area contributed by atoms with Gasteiger partial charge < -0.3 is 10.2 Å². The molecule has 2 N–H and O–H groups in total. The molecule has 0 unspecified atom stereocenters. The molecular formula is C21H17F2N7. The van der Waals surface area contributed by atoms with E-state index in [9.17, 15) is 14.0 Å². The summed E-state index contributed by atoms with van der Waals surface area (Å²) in [6.45, 7) is 3.16. The van der Waals surface area contributed by atoms with Crippen LogP contribution < -0.4 is 10.2 Å². The number of nitriles is 1. The fourth-order valence-corrected chi connectivity index (χ4v) is 3.84. The predicted molar refractivity (Wildman–Crippen MR) is 109 cm³/mol. The van der Waals surface area contributed by atoms with Gasteiger partial charge in [0.1, 0.15) is 34.7 Å². The summed E-state index contributed by atoms with van der Waals surface area (Å²) >= 11 is 0. The third-order valence-corrected chi connectivity index (χ3v) is 5.43. The quantitative estimate of drug-likeness (QED) is 0.674. The average Bonchev–Trinajstić information content (AvgIpc) is 3.31. The van der Waals surface area contributed by atoms with E-state index in [0.29, 0.717) is 29.3 Å². The number of halogens is 2. The van der Waals surface area contributed by atoms with Crippen molar-refractivity contribution in [2.75, 3.05) is 23.3 Å². The van der Waals surface area contributed by atoms with E-state index in [1.54, 1.807) is 13.1 Å². The number of amidine groups is 1. The van der Waals surface area contributed by atoms with Crippen molar-refractivity contribution in [2.45, 2.75) is 13.3 Å². The molecule has 150 valence electrons. The Morgan fingerprint density at radius 3 is 2.80 bits per heavy atom. The lowest BCUT2D eigenvalue weighted by Gasteiger charge is -2.18. The van der Waals surface area contributed by atoms with Crippen LogP contribution in [0.2, 0.25) is 0 Å². The highest BCUT2D eigenvalue weighted by atomic mass is 19.1. The van der Waals surface area contributed by atoms with Crippen LogP contribution in [0.3, 0.4) is 0 Å². The summed E-state index contributed by atoms with van der Waals surface area (Å²) in [4.78, 5) is 11.1. The Kier molecular flexibility index (Phi) is 4.20. The zero-order valence-corrected chi connectivity index (χ0v) is 16.1. The van der Waals surface area contributed by atoms with Crippen LogP contribution in [-0.4, -0.2) is 34.1 Å². The minimum atomic E-state index is -0.711. The molecule has 7 nitrogen and oxygen atoms in total. The normalized spacial score (nSPS) is 17.5. The molecule has 0 amide bonds. The van der Waals surface area contributed by atoms with E-state index in [2.05, 4.69) is 36.5 Å². The topological polar surface area (TPSA) is 93.0 Å². The summed E-state index contributed by atoms with van der Waals surface area (Å²) in [6, 6.07) is 7.87. The van der Waals surface area contributed by atoms with Crippen LogP contribution in [0.15, 0.2) is 35.5 Å². The largest absolute Gasteiger partial charge is 0.355 e. The van der Waals surface area contributed by atoms with Gasteiger partial charge in [0.05, 0.1) is 35.1 Å². The highest BCUT2D eigenvalue weighted by Gasteiger charge is 2.28. The molecule has 0 radical (unpaired) electrons. The van der Waals surface area contributed by atoms with Crippen LogP contribution in [0.4, 0.5) is 26.0 Å². The van der Waals surface area contributed by atoms with Crippen LogP contribution in [0.1, 0.15) is 17.7 Å². The number of rotatable bonds is 2. The van der Waals surface area contributed by atoms with E-state index in [0.717, 1.165) is 24.3 Å². The van der Waals surface area contributed by atoms with Gasteiger partial charge in [-0.2, -0.15) is 10.4 Å². The second-order valence-electron chi connectivity index (χ2n) is 7.38. The number of nitrogens with one attached hydrogen (secondary N) is 2. The molecule has 0 bridgehead atoms. The number of aromatic amines is 1. The van der Waals surface area contributed by atoms with E-state index in [1.165, 1.54) is 18.2 Å². The zero-order valence-electron chi connectivity index (χ0n) is 16.1. The molecule has 1 saturated heterocycles. The molecule has 0 aliphatic carbocycles. The first-order valence-electron chi connectivity index (χ1n) is 9.55. The molecule has 1 aromatic carbocycles. The minimum absolute atomic E-state index is 0.0223. The Morgan fingerprint density at radius 2 is 2.07 bits per heavy atom. The van der Waals surface area contributed by atoms with Crippen LogP contribution in [0, 0.1) is 35.8 Å². The molecule has 5 rings (SSSR count). The highest BCUT2D eigenvalue weighted by molar-refractivity contribution is 6.13. The molecule has 9 heteroatoms. The molecule has 0 saturated carbocycles. The second-order valence-corrected chi connectivity index (χ2v) is 7.38. The van der Waals surface area contributed by atoms with Crippen molar-refractivity contribution in [3.8, 4) is 17.3 Å². The maximum absolute atomic E-state index is 14.5. The van der Waals surface area contributed by atoms with Crippen molar-refractivity contribution in [1.82, 2.24) is 15.2 Å². The summed E-state index contributed by atoms with van der Waals surface area (Å²) in [5.41, 5.74) is 2.78. The summed E-state index contributed by atoms with van der Waals surface area (Å²) in [6.07, 6.45) is 2.40. The second kappa shape index (κ2) is 6.91. The number of hydrogen-bond acceptors (Lipinski definition) is 6. The number of H-pyrrole nitrogens is 1. The van der Waals surface area contributed by atoms with Crippen molar-refractivity contribution in [1.29, 1.82) is 5.26 Å². The number of anilines is 2. The van der Waals surface area contributed by atoms with Gasteiger partial charge in [-0.25, -0.2) is 18.8 Å². The number of pyridine rings is 1. The van der Waals surface area contributed by atoms with Gasteiger partial charge in [0, 0.05) is 18.7 Å². The number of fused-ring (bicyclic) bond motifs is 3. The molecule has 2 aromatic heterocycles. The van der Waals surface area contributed by atoms with Gasteiger partial charge in [-0.1, -0.05) is 6.07 Å². The third kappa shape index (κ3) is 2.88. The van der Waals surface area contributed by atoms with Crippen molar-refractivity contribution in [2.24, 2.45) is 10.9 Å². The molecule has 2 aliphatic rings. The lowest BCUT2D eigenvalue weighted by atomic mass is 10.1. The average molecular weight is 405 g/mol. The van der Waals surface area contributed by atoms with E-state index in [4.69, 9.17) is 0 Å². The van der Waals surface area contributed by atoms with E-state index >= 15 is 0 Å².